The molecule has 1 aromatic rings. The molecule has 0 fully saturated rings. The maximum atomic E-state index is 11.4. The van der Waals surface area contributed by atoms with Crippen molar-refractivity contribution in [2.45, 2.75) is 117 Å². The average molecular weight is 441 g/mol. The summed E-state index contributed by atoms with van der Waals surface area (Å²) in [6.07, 6.45) is 19.6. The molecule has 0 heterocycles. The molecule has 176 valence electrons. The standard InChI is InChI=1S/C26H49O3P/c1-3-5-7-9-11-13-15-20-24-29-30(27,28,26-22-18-17-19-23-26)25-21-16-14-12-10-8-6-4-2/h17-19,22-23,27-28H,3-16,20-21,24-25H2,1-2H3. The number of hydrogen-bond donors (Lipinski definition) is 2. The third kappa shape index (κ3) is 11.8. The van der Waals surface area contributed by atoms with Gasteiger partial charge in [0.15, 0.2) is 0 Å². The Kier molecular flexibility index (Phi) is 14.9. The van der Waals surface area contributed by atoms with Crippen LogP contribution in [0.3, 0.4) is 0 Å². The normalized spacial score (nSPS) is 13.3. The Morgan fingerprint density at radius 1 is 0.600 bits per heavy atom. The molecule has 1 aromatic carbocycles. The zero-order valence-electron chi connectivity index (χ0n) is 19.9. The summed E-state index contributed by atoms with van der Waals surface area (Å²) >= 11 is 0. The molecule has 0 aliphatic rings. The SMILES string of the molecule is CCCCCCCCCCOP(O)(O)(CCCCCCCCCC)c1ccccc1. The fraction of sp³-hybridized carbons (Fsp3) is 0.769. The van der Waals surface area contributed by atoms with Gasteiger partial charge in [0.2, 0.25) is 0 Å². The molecule has 30 heavy (non-hydrogen) atoms. The van der Waals surface area contributed by atoms with Crippen molar-refractivity contribution in [1.82, 2.24) is 0 Å². The van der Waals surface area contributed by atoms with E-state index >= 15 is 0 Å². The predicted octanol–water partition coefficient (Wildman–Crippen LogP) is 7.89. The molecule has 0 unspecified atom stereocenters. The van der Waals surface area contributed by atoms with E-state index in [4.69, 9.17) is 4.52 Å². The van der Waals surface area contributed by atoms with E-state index < -0.39 is 7.28 Å². The average Bonchev–Trinajstić information content (AvgIpc) is 2.75. The molecule has 0 amide bonds. The van der Waals surface area contributed by atoms with E-state index in [2.05, 4.69) is 13.8 Å². The van der Waals surface area contributed by atoms with Crippen LogP contribution in [0.2, 0.25) is 0 Å². The first-order valence-corrected chi connectivity index (χ1v) is 15.0. The van der Waals surface area contributed by atoms with Gasteiger partial charge in [-0.1, -0.05) is 0 Å². The van der Waals surface area contributed by atoms with Crippen molar-refractivity contribution in [3.8, 4) is 0 Å². The molecule has 3 nitrogen and oxygen atoms in total. The van der Waals surface area contributed by atoms with Crippen LogP contribution in [-0.4, -0.2) is 22.6 Å². The Hall–Kier alpha value is -0.470. The van der Waals surface area contributed by atoms with E-state index in [-0.39, 0.29) is 0 Å². The summed E-state index contributed by atoms with van der Waals surface area (Å²) in [6, 6.07) is 9.29. The molecule has 0 aromatic heterocycles. The molecule has 0 atom stereocenters. The van der Waals surface area contributed by atoms with Crippen LogP contribution in [0.1, 0.15) is 117 Å². The van der Waals surface area contributed by atoms with Crippen molar-refractivity contribution in [2.24, 2.45) is 0 Å². The van der Waals surface area contributed by atoms with Crippen LogP contribution in [-0.2, 0) is 4.52 Å². The van der Waals surface area contributed by atoms with Crippen molar-refractivity contribution in [3.05, 3.63) is 30.3 Å². The first-order chi connectivity index (χ1) is 14.5. The minimum atomic E-state index is -4.28. The van der Waals surface area contributed by atoms with Gasteiger partial charge in [0, 0.05) is 0 Å². The van der Waals surface area contributed by atoms with Gasteiger partial charge in [-0.15, -0.1) is 0 Å². The second-order valence-electron chi connectivity index (χ2n) is 8.96. The second kappa shape index (κ2) is 16.2. The Balaban J connectivity index is 2.40. The summed E-state index contributed by atoms with van der Waals surface area (Å²) in [7, 11) is -4.28. The summed E-state index contributed by atoms with van der Waals surface area (Å²) < 4.78 is 5.95. The monoisotopic (exact) mass is 440 g/mol. The summed E-state index contributed by atoms with van der Waals surface area (Å²) in [6.45, 7) is 4.92. The van der Waals surface area contributed by atoms with E-state index in [1.54, 1.807) is 0 Å². The van der Waals surface area contributed by atoms with Crippen molar-refractivity contribution in [3.63, 3.8) is 0 Å². The second-order valence-corrected chi connectivity index (χ2v) is 12.4. The predicted molar refractivity (Wildman–Crippen MR) is 133 cm³/mol. The summed E-state index contributed by atoms with van der Waals surface area (Å²) in [5.74, 6) is 0. The Labute approximate surface area is 186 Å². The van der Waals surface area contributed by atoms with Gasteiger partial charge in [-0.05, 0) is 0 Å². The summed E-state index contributed by atoms with van der Waals surface area (Å²) in [5.41, 5.74) is 0. The van der Waals surface area contributed by atoms with Crippen LogP contribution < -0.4 is 5.30 Å². The van der Waals surface area contributed by atoms with Gasteiger partial charge in [0.1, 0.15) is 0 Å². The molecule has 0 radical (unpaired) electrons. The molecular formula is C26H49O3P. The van der Waals surface area contributed by atoms with Gasteiger partial charge in [0.25, 0.3) is 0 Å². The fourth-order valence-electron chi connectivity index (χ4n) is 4.02. The quantitative estimate of drug-likeness (QED) is 0.160. The van der Waals surface area contributed by atoms with Crippen LogP contribution in [0.25, 0.3) is 0 Å². The molecule has 1 rings (SSSR count). The van der Waals surface area contributed by atoms with Crippen LogP contribution in [0, 0.1) is 0 Å². The number of unbranched alkanes of at least 4 members (excludes halogenated alkanes) is 14. The van der Waals surface area contributed by atoms with E-state index in [1.165, 1.54) is 77.0 Å². The zero-order chi connectivity index (χ0) is 22.0. The third-order valence-electron chi connectivity index (χ3n) is 6.05. The van der Waals surface area contributed by atoms with Crippen molar-refractivity contribution in [1.29, 1.82) is 0 Å². The fourth-order valence-corrected chi connectivity index (χ4v) is 6.63. The molecule has 4 heteroatoms. The number of benzene rings is 1. The van der Waals surface area contributed by atoms with Gasteiger partial charge in [0.05, 0.1) is 0 Å². The van der Waals surface area contributed by atoms with Gasteiger partial charge in [-0.2, -0.15) is 0 Å². The molecular weight excluding hydrogens is 391 g/mol. The summed E-state index contributed by atoms with van der Waals surface area (Å²) in [5, 5.41) is 0.575. The molecule has 0 aliphatic carbocycles. The zero-order valence-corrected chi connectivity index (χ0v) is 20.8. The molecule has 0 bridgehead atoms. The number of rotatable bonds is 20. The van der Waals surface area contributed by atoms with Crippen LogP contribution >= 0.6 is 7.28 Å². The minimum absolute atomic E-state index is 0.349. The van der Waals surface area contributed by atoms with E-state index in [1.807, 2.05) is 30.3 Å². The summed E-state index contributed by atoms with van der Waals surface area (Å²) in [4.78, 5) is 22.8. The van der Waals surface area contributed by atoms with Crippen molar-refractivity contribution >= 4 is 12.6 Å². The van der Waals surface area contributed by atoms with Crippen LogP contribution in [0.5, 0.6) is 0 Å². The van der Waals surface area contributed by atoms with Crippen molar-refractivity contribution in [2.75, 3.05) is 12.8 Å². The first-order valence-electron chi connectivity index (χ1n) is 12.7. The molecule has 0 spiro atoms. The first kappa shape index (κ1) is 27.6. The molecule has 2 N–H and O–H groups in total. The van der Waals surface area contributed by atoms with E-state index in [9.17, 15) is 9.79 Å². The molecule has 0 aliphatic heterocycles. The Morgan fingerprint density at radius 2 is 1.03 bits per heavy atom. The Bertz CT molecular complexity index is 518. The van der Waals surface area contributed by atoms with Gasteiger partial charge in [-0.3, -0.25) is 0 Å². The van der Waals surface area contributed by atoms with Gasteiger partial charge in [-0.25, -0.2) is 0 Å². The van der Waals surface area contributed by atoms with Gasteiger partial charge < -0.3 is 0 Å². The molecule has 0 saturated carbocycles. The van der Waals surface area contributed by atoms with Crippen molar-refractivity contribution < 1.29 is 14.3 Å². The van der Waals surface area contributed by atoms with E-state index in [0.29, 0.717) is 18.1 Å². The number of hydrogen-bond acceptors (Lipinski definition) is 3. The van der Waals surface area contributed by atoms with Crippen LogP contribution in [0.15, 0.2) is 30.3 Å². The van der Waals surface area contributed by atoms with Gasteiger partial charge >= 0.3 is 187 Å². The van der Waals surface area contributed by atoms with Crippen LogP contribution in [0.4, 0.5) is 0 Å². The Morgan fingerprint density at radius 3 is 1.53 bits per heavy atom. The maximum absolute atomic E-state index is 11.4. The topological polar surface area (TPSA) is 49.7 Å². The van der Waals surface area contributed by atoms with E-state index in [0.717, 1.165) is 25.7 Å². The molecule has 0 saturated heterocycles. The third-order valence-corrected chi connectivity index (χ3v) is 9.23.